The van der Waals surface area contributed by atoms with Crippen molar-refractivity contribution in [3.8, 4) is 17.1 Å². The van der Waals surface area contributed by atoms with E-state index < -0.39 is 0 Å². The number of benzene rings is 1. The Balaban J connectivity index is 1.74. The molecular formula is C18H21N5O2S2. The van der Waals surface area contributed by atoms with Crippen LogP contribution < -0.4 is 10.1 Å². The number of thioether (sulfide) groups is 1. The second-order valence-electron chi connectivity index (χ2n) is 5.82. The summed E-state index contributed by atoms with van der Waals surface area (Å²) in [4.78, 5) is 16.7. The maximum Gasteiger partial charge on any atom is 0.239 e. The lowest BCUT2D eigenvalue weighted by Crippen LogP contribution is -2.22. The number of nitrogens with one attached hydrogen (secondary N) is 1. The third kappa shape index (κ3) is 4.48. The molecule has 1 unspecified atom stereocenters. The fourth-order valence-corrected chi connectivity index (χ4v) is 4.05. The minimum absolute atomic E-state index is 0.106. The summed E-state index contributed by atoms with van der Waals surface area (Å²) in [5.74, 6) is 1.45. The lowest BCUT2D eigenvalue weighted by molar-refractivity contribution is -0.115. The summed E-state index contributed by atoms with van der Waals surface area (Å²) in [6.45, 7) is 6.48. The van der Waals surface area contributed by atoms with Gasteiger partial charge in [-0.25, -0.2) is 4.98 Å². The summed E-state index contributed by atoms with van der Waals surface area (Å²) in [7, 11) is 1.64. The van der Waals surface area contributed by atoms with Gasteiger partial charge in [-0.2, -0.15) is 0 Å². The summed E-state index contributed by atoms with van der Waals surface area (Å²) < 4.78 is 7.20. The van der Waals surface area contributed by atoms with E-state index in [9.17, 15) is 4.79 Å². The molecule has 9 heteroatoms. The van der Waals surface area contributed by atoms with Crippen LogP contribution in [0.25, 0.3) is 11.4 Å². The van der Waals surface area contributed by atoms with Crippen molar-refractivity contribution in [3.63, 3.8) is 0 Å². The molecule has 0 saturated heterocycles. The molecule has 0 bridgehead atoms. The van der Waals surface area contributed by atoms with Gasteiger partial charge in [-0.15, -0.1) is 21.5 Å². The zero-order chi connectivity index (χ0) is 19.4. The minimum atomic E-state index is -0.326. The van der Waals surface area contributed by atoms with Crippen molar-refractivity contribution < 1.29 is 9.53 Å². The Morgan fingerprint density at radius 3 is 2.67 bits per heavy atom. The normalized spacial score (nSPS) is 12.0. The van der Waals surface area contributed by atoms with Crippen molar-refractivity contribution in [2.24, 2.45) is 0 Å². The van der Waals surface area contributed by atoms with Crippen LogP contribution in [0.1, 0.15) is 19.5 Å². The van der Waals surface area contributed by atoms with Crippen molar-refractivity contribution in [2.75, 3.05) is 12.4 Å². The summed E-state index contributed by atoms with van der Waals surface area (Å²) in [6, 6.07) is 7.68. The molecule has 1 aromatic carbocycles. The Morgan fingerprint density at radius 1 is 1.33 bits per heavy atom. The topological polar surface area (TPSA) is 81.9 Å². The zero-order valence-electron chi connectivity index (χ0n) is 15.6. The molecule has 142 valence electrons. The van der Waals surface area contributed by atoms with Crippen LogP contribution in [0, 0.1) is 6.92 Å². The van der Waals surface area contributed by atoms with E-state index in [1.165, 1.54) is 23.1 Å². The highest BCUT2D eigenvalue weighted by molar-refractivity contribution is 8.00. The van der Waals surface area contributed by atoms with Gasteiger partial charge in [0.05, 0.1) is 18.1 Å². The van der Waals surface area contributed by atoms with Gasteiger partial charge in [0.15, 0.2) is 16.1 Å². The first kappa shape index (κ1) is 19.4. The lowest BCUT2D eigenvalue weighted by atomic mass is 10.2. The molecule has 0 aliphatic rings. The number of aryl methyl sites for hydroxylation is 1. The molecule has 0 radical (unpaired) electrons. The highest BCUT2D eigenvalue weighted by Gasteiger charge is 2.21. The molecule has 1 amide bonds. The second-order valence-corrected chi connectivity index (χ2v) is 7.99. The molecule has 2 aromatic heterocycles. The van der Waals surface area contributed by atoms with Gasteiger partial charge in [-0.1, -0.05) is 11.8 Å². The SMILES string of the molecule is CCn1c(SC(C)C(=O)Nc2nc(C)cs2)nnc1-c1ccc(OC)cc1. The number of anilines is 1. The van der Waals surface area contributed by atoms with E-state index in [2.05, 4.69) is 20.5 Å². The Labute approximate surface area is 166 Å². The molecule has 2 heterocycles. The first-order valence-electron chi connectivity index (χ1n) is 8.49. The van der Waals surface area contributed by atoms with Crippen LogP contribution in [0.15, 0.2) is 34.8 Å². The fourth-order valence-electron chi connectivity index (χ4n) is 2.44. The Hall–Kier alpha value is -2.39. The highest BCUT2D eigenvalue weighted by Crippen LogP contribution is 2.28. The Bertz CT molecular complexity index is 920. The molecule has 1 N–H and O–H groups in total. The smallest absolute Gasteiger partial charge is 0.239 e. The Kier molecular flexibility index (Phi) is 6.12. The standard InChI is InChI=1S/C18H21N5O2S2/c1-5-23-15(13-6-8-14(25-4)9-7-13)21-22-18(23)27-12(3)16(24)20-17-19-11(2)10-26-17/h6-10,12H,5H2,1-4H3,(H,19,20,24). The monoisotopic (exact) mass is 403 g/mol. The maximum atomic E-state index is 12.4. The van der Waals surface area contributed by atoms with Crippen LogP contribution >= 0.6 is 23.1 Å². The summed E-state index contributed by atoms with van der Waals surface area (Å²) in [5, 5.41) is 14.4. The summed E-state index contributed by atoms with van der Waals surface area (Å²) >= 11 is 2.80. The van der Waals surface area contributed by atoms with Gasteiger partial charge < -0.3 is 14.6 Å². The average Bonchev–Trinajstić information content (AvgIpc) is 3.27. The number of carbonyl (C=O) groups excluding carboxylic acids is 1. The molecular weight excluding hydrogens is 382 g/mol. The van der Waals surface area contributed by atoms with Crippen LogP contribution in [0.3, 0.4) is 0 Å². The first-order chi connectivity index (χ1) is 13.0. The summed E-state index contributed by atoms with van der Waals surface area (Å²) in [6.07, 6.45) is 0. The van der Waals surface area contributed by atoms with Gasteiger partial charge >= 0.3 is 0 Å². The van der Waals surface area contributed by atoms with E-state index in [1.807, 2.05) is 55.0 Å². The third-order valence-corrected chi connectivity index (χ3v) is 5.84. The van der Waals surface area contributed by atoms with Crippen molar-refractivity contribution in [1.29, 1.82) is 0 Å². The van der Waals surface area contributed by atoms with Crippen molar-refractivity contribution in [1.82, 2.24) is 19.7 Å². The number of ether oxygens (including phenoxy) is 1. The number of hydrogen-bond donors (Lipinski definition) is 1. The largest absolute Gasteiger partial charge is 0.497 e. The predicted molar refractivity (Wildman–Crippen MR) is 108 cm³/mol. The van der Waals surface area contributed by atoms with E-state index in [4.69, 9.17) is 4.74 Å². The highest BCUT2D eigenvalue weighted by atomic mass is 32.2. The van der Waals surface area contributed by atoms with E-state index in [-0.39, 0.29) is 11.2 Å². The molecule has 0 aliphatic carbocycles. The number of aromatic nitrogens is 4. The molecule has 0 aliphatic heterocycles. The Morgan fingerprint density at radius 2 is 2.07 bits per heavy atom. The first-order valence-corrected chi connectivity index (χ1v) is 10.2. The number of hydrogen-bond acceptors (Lipinski definition) is 7. The van der Waals surface area contributed by atoms with Crippen LogP contribution in [0.5, 0.6) is 5.75 Å². The van der Waals surface area contributed by atoms with Crippen LogP contribution in [-0.2, 0) is 11.3 Å². The van der Waals surface area contributed by atoms with Crippen LogP contribution in [0.2, 0.25) is 0 Å². The van der Waals surface area contributed by atoms with Crippen LogP contribution in [-0.4, -0.2) is 38.0 Å². The molecule has 7 nitrogen and oxygen atoms in total. The zero-order valence-corrected chi connectivity index (χ0v) is 17.2. The lowest BCUT2D eigenvalue weighted by Gasteiger charge is -2.12. The number of methoxy groups -OCH3 is 1. The fraction of sp³-hybridized carbons (Fsp3) is 0.333. The van der Waals surface area contributed by atoms with E-state index in [0.717, 1.165) is 22.8 Å². The van der Waals surface area contributed by atoms with Crippen molar-refractivity contribution in [2.45, 2.75) is 37.7 Å². The third-order valence-electron chi connectivity index (χ3n) is 3.88. The number of amides is 1. The van der Waals surface area contributed by atoms with Crippen molar-refractivity contribution in [3.05, 3.63) is 35.3 Å². The number of rotatable bonds is 7. The number of thiazole rings is 1. The molecule has 3 rings (SSSR count). The van der Waals surface area contributed by atoms with E-state index in [0.29, 0.717) is 16.8 Å². The molecule has 0 saturated carbocycles. The van der Waals surface area contributed by atoms with Gasteiger partial charge in [0.25, 0.3) is 0 Å². The van der Waals surface area contributed by atoms with Crippen LogP contribution in [0.4, 0.5) is 5.13 Å². The molecule has 27 heavy (non-hydrogen) atoms. The van der Waals surface area contributed by atoms with E-state index >= 15 is 0 Å². The van der Waals surface area contributed by atoms with Crippen molar-refractivity contribution >= 4 is 34.1 Å². The minimum Gasteiger partial charge on any atom is -0.497 e. The molecule has 3 aromatic rings. The van der Waals surface area contributed by atoms with Gasteiger partial charge in [0.2, 0.25) is 5.91 Å². The van der Waals surface area contributed by atoms with Gasteiger partial charge in [0.1, 0.15) is 5.75 Å². The molecule has 0 spiro atoms. The quantitative estimate of drug-likeness (QED) is 0.603. The van der Waals surface area contributed by atoms with Gasteiger partial charge in [-0.3, -0.25) is 4.79 Å². The average molecular weight is 404 g/mol. The summed E-state index contributed by atoms with van der Waals surface area (Å²) in [5.41, 5.74) is 1.85. The van der Waals surface area contributed by atoms with Gasteiger partial charge in [-0.05, 0) is 45.0 Å². The predicted octanol–water partition coefficient (Wildman–Crippen LogP) is 3.86. The maximum absolute atomic E-state index is 12.4. The number of nitrogens with zero attached hydrogens (tertiary/aromatic N) is 4. The number of carbonyl (C=O) groups is 1. The molecule has 0 fully saturated rings. The van der Waals surface area contributed by atoms with Gasteiger partial charge in [0, 0.05) is 17.5 Å². The molecule has 1 atom stereocenters. The van der Waals surface area contributed by atoms with E-state index in [1.54, 1.807) is 7.11 Å². The second kappa shape index (κ2) is 8.53.